The van der Waals surface area contributed by atoms with Crippen molar-refractivity contribution in [3.8, 4) is 45.9 Å². The van der Waals surface area contributed by atoms with E-state index in [0.29, 0.717) is 5.88 Å². The average molecular weight is 529 g/mol. The molecule has 3 aliphatic heterocycles. The Hall–Kier alpha value is -3.73. The van der Waals surface area contributed by atoms with Crippen LogP contribution in [0.4, 0.5) is 0 Å². The van der Waals surface area contributed by atoms with E-state index in [1.807, 2.05) is 0 Å². The van der Waals surface area contributed by atoms with Crippen molar-refractivity contribution in [3.63, 3.8) is 0 Å². The minimum atomic E-state index is -0.0687. The number of nitrogens with zero attached hydrogens (tertiary/aromatic N) is 1. The zero-order valence-electron chi connectivity index (χ0n) is 24.9. The van der Waals surface area contributed by atoms with Gasteiger partial charge in [-0.2, -0.15) is 0 Å². The number of benzene rings is 3. The number of hydrogen-bond acceptors (Lipinski definition) is 4. The molecule has 0 N–H and O–H groups in total. The first-order valence-corrected chi connectivity index (χ1v) is 14.2. The van der Waals surface area contributed by atoms with Crippen molar-refractivity contribution in [1.29, 1.82) is 0 Å². The first kappa shape index (κ1) is 25.3. The van der Waals surface area contributed by atoms with Crippen LogP contribution in [0, 0.1) is 0 Å². The van der Waals surface area contributed by atoms with Gasteiger partial charge in [-0.1, -0.05) is 80.5 Å². The van der Waals surface area contributed by atoms with Gasteiger partial charge in [-0.15, -0.1) is 0 Å². The maximum absolute atomic E-state index is 6.72. The highest BCUT2D eigenvalue weighted by molar-refractivity contribution is 6.99. The van der Waals surface area contributed by atoms with Crippen molar-refractivity contribution in [2.24, 2.45) is 0 Å². The van der Waals surface area contributed by atoms with E-state index >= 15 is 0 Å². The predicted octanol–water partition coefficient (Wildman–Crippen LogP) is 7.47. The fourth-order valence-electron chi connectivity index (χ4n) is 5.98. The Bertz CT molecular complexity index is 1640. The van der Waals surface area contributed by atoms with Crippen molar-refractivity contribution < 1.29 is 14.2 Å². The average Bonchev–Trinajstić information content (AvgIpc) is 2.86. The van der Waals surface area contributed by atoms with Gasteiger partial charge in [0.1, 0.15) is 28.7 Å². The van der Waals surface area contributed by atoms with Gasteiger partial charge in [0.25, 0.3) is 6.71 Å². The number of hydrogen-bond donors (Lipinski definition) is 0. The highest BCUT2D eigenvalue weighted by Crippen LogP contribution is 2.45. The van der Waals surface area contributed by atoms with Crippen molar-refractivity contribution in [2.45, 2.75) is 78.6 Å². The largest absolute Gasteiger partial charge is 0.458 e. The fourth-order valence-corrected chi connectivity index (χ4v) is 5.98. The summed E-state index contributed by atoms with van der Waals surface area (Å²) < 4.78 is 20.1. The summed E-state index contributed by atoms with van der Waals surface area (Å²) in [6, 6.07) is 19.5. The molecule has 3 aliphatic rings. The summed E-state index contributed by atoms with van der Waals surface area (Å²) in [6.45, 7) is 20.0. The molecule has 0 saturated carbocycles. The Morgan fingerprint density at radius 2 is 1.00 bits per heavy atom. The maximum Gasteiger partial charge on any atom is 0.272 e. The molecule has 4 aromatic rings. The topological polar surface area (TPSA) is 40.6 Å². The second-order valence-electron chi connectivity index (χ2n) is 14.6. The molecule has 0 aliphatic carbocycles. The van der Waals surface area contributed by atoms with Gasteiger partial charge in [0.15, 0.2) is 0 Å². The van der Waals surface area contributed by atoms with Crippen LogP contribution in [0.25, 0.3) is 11.3 Å². The molecule has 0 amide bonds. The number of pyridine rings is 1. The Morgan fingerprint density at radius 1 is 0.525 bits per heavy atom. The Balaban J connectivity index is 1.49. The number of rotatable bonds is 1. The molecular weight excluding hydrogens is 493 g/mol. The van der Waals surface area contributed by atoms with Crippen molar-refractivity contribution in [3.05, 3.63) is 71.3 Å². The Morgan fingerprint density at radius 3 is 1.50 bits per heavy atom. The quantitative estimate of drug-likeness (QED) is 0.207. The van der Waals surface area contributed by atoms with Crippen molar-refractivity contribution in [2.75, 3.05) is 0 Å². The highest BCUT2D eigenvalue weighted by atomic mass is 16.5. The third-order valence-corrected chi connectivity index (χ3v) is 8.46. The van der Waals surface area contributed by atoms with E-state index in [1.165, 1.54) is 16.7 Å². The van der Waals surface area contributed by atoms with Gasteiger partial charge in [-0.25, -0.2) is 4.98 Å². The van der Waals surface area contributed by atoms with E-state index in [-0.39, 0.29) is 23.0 Å². The molecule has 0 fully saturated rings. The number of ether oxygens (including phenoxy) is 3. The maximum atomic E-state index is 6.72. The van der Waals surface area contributed by atoms with Crippen molar-refractivity contribution >= 4 is 23.1 Å². The summed E-state index contributed by atoms with van der Waals surface area (Å²) in [4.78, 5) is 5.13. The molecule has 202 valence electrons. The molecule has 1 aromatic heterocycles. The second kappa shape index (κ2) is 7.93. The van der Waals surface area contributed by atoms with Gasteiger partial charge >= 0.3 is 0 Å². The molecule has 0 unspecified atom stereocenters. The molecule has 4 heterocycles. The van der Waals surface area contributed by atoms with Gasteiger partial charge in [-0.3, -0.25) is 0 Å². The van der Waals surface area contributed by atoms with E-state index in [1.54, 1.807) is 0 Å². The highest BCUT2D eigenvalue weighted by Gasteiger charge is 2.48. The summed E-state index contributed by atoms with van der Waals surface area (Å²) in [5.41, 5.74) is 8.52. The molecular formula is C35H36BNO3. The fraction of sp³-hybridized carbons (Fsp3) is 0.343. The Kier molecular flexibility index (Phi) is 5.01. The summed E-state index contributed by atoms with van der Waals surface area (Å²) in [6.07, 6.45) is 0. The lowest BCUT2D eigenvalue weighted by atomic mass is 9.34. The van der Waals surface area contributed by atoms with Crippen LogP contribution in [0.5, 0.6) is 34.6 Å². The van der Waals surface area contributed by atoms with E-state index in [4.69, 9.17) is 19.2 Å². The zero-order valence-corrected chi connectivity index (χ0v) is 24.9. The number of aromatic nitrogens is 1. The molecule has 0 saturated heterocycles. The molecule has 0 atom stereocenters. The van der Waals surface area contributed by atoms with Crippen LogP contribution in [-0.4, -0.2) is 11.7 Å². The first-order chi connectivity index (χ1) is 18.7. The van der Waals surface area contributed by atoms with Gasteiger partial charge in [0, 0.05) is 28.0 Å². The molecule has 0 spiro atoms. The minimum absolute atomic E-state index is 0.0327. The molecule has 0 bridgehead atoms. The Labute approximate surface area is 237 Å². The SMILES string of the molecule is CC(C)(C)c1cccc(-c2cc3c4c(n2)Oc2cc(C(C)(C)C)cc5c2B4c2c(cc(C(C)(C)C)cc2O3)O5)c1. The van der Waals surface area contributed by atoms with Crippen LogP contribution >= 0.6 is 0 Å². The molecule has 0 radical (unpaired) electrons. The molecule has 4 nitrogen and oxygen atoms in total. The lowest BCUT2D eigenvalue weighted by Gasteiger charge is -2.38. The van der Waals surface area contributed by atoms with Crippen LogP contribution in [0.3, 0.4) is 0 Å². The lowest BCUT2D eigenvalue weighted by molar-refractivity contribution is 0.428. The molecule has 40 heavy (non-hydrogen) atoms. The van der Waals surface area contributed by atoms with Gasteiger partial charge in [0.05, 0.1) is 5.69 Å². The minimum Gasteiger partial charge on any atom is -0.458 e. The van der Waals surface area contributed by atoms with Crippen molar-refractivity contribution in [1.82, 2.24) is 4.98 Å². The lowest BCUT2D eigenvalue weighted by Crippen LogP contribution is -2.60. The van der Waals surface area contributed by atoms with E-state index < -0.39 is 0 Å². The van der Waals surface area contributed by atoms with Crippen LogP contribution in [-0.2, 0) is 16.2 Å². The van der Waals surface area contributed by atoms with E-state index in [0.717, 1.165) is 56.4 Å². The zero-order chi connectivity index (χ0) is 28.4. The second-order valence-corrected chi connectivity index (χ2v) is 14.6. The van der Waals surface area contributed by atoms with Gasteiger partial charge < -0.3 is 14.2 Å². The summed E-state index contributed by atoms with van der Waals surface area (Å²) in [5, 5.41) is 0. The molecule has 3 aromatic carbocycles. The normalized spacial score (nSPS) is 14.7. The molecule has 7 rings (SSSR count). The first-order valence-electron chi connectivity index (χ1n) is 14.2. The third-order valence-electron chi connectivity index (χ3n) is 8.46. The van der Waals surface area contributed by atoms with E-state index in [9.17, 15) is 0 Å². The monoisotopic (exact) mass is 529 g/mol. The van der Waals surface area contributed by atoms with Crippen LogP contribution in [0.15, 0.2) is 54.6 Å². The van der Waals surface area contributed by atoms with Gasteiger partial charge in [-0.05, 0) is 63.3 Å². The van der Waals surface area contributed by atoms with Crippen LogP contribution in [0.1, 0.15) is 79.0 Å². The third kappa shape index (κ3) is 3.77. The van der Waals surface area contributed by atoms with Crippen LogP contribution in [0.2, 0.25) is 0 Å². The van der Waals surface area contributed by atoms with E-state index in [2.05, 4.69) is 117 Å². The smallest absolute Gasteiger partial charge is 0.272 e. The van der Waals surface area contributed by atoms with Gasteiger partial charge in [0.2, 0.25) is 5.88 Å². The van der Waals surface area contributed by atoms with Crippen LogP contribution < -0.4 is 30.6 Å². The summed E-state index contributed by atoms with van der Waals surface area (Å²) in [5.74, 6) is 4.80. The summed E-state index contributed by atoms with van der Waals surface area (Å²) >= 11 is 0. The molecule has 5 heteroatoms. The summed E-state index contributed by atoms with van der Waals surface area (Å²) in [7, 11) is 0. The predicted molar refractivity (Wildman–Crippen MR) is 164 cm³/mol. The standard InChI is InChI=1S/C35H36BNO3/c1-33(2,3)20-12-10-11-19(13-20)23-18-28-31-32(37-23)40-27-17-22(35(7,8)9)16-26-30(27)36(31)29-24(38-26)14-21(34(4,5)6)15-25(29)39-28/h10-18H,1-9H3.